The zero-order valence-electron chi connectivity index (χ0n) is 13.2. The molecular formula is C19H17ClN2O2. The minimum Gasteiger partial charge on any atom is -0.467 e. The van der Waals surface area contributed by atoms with Gasteiger partial charge in [-0.25, -0.2) is 4.79 Å². The molecule has 3 rings (SSSR count). The number of ether oxygens (including phenoxy) is 1. The van der Waals surface area contributed by atoms with Crippen LogP contribution in [0.1, 0.15) is 11.1 Å². The maximum Gasteiger partial charge on any atom is 0.330 e. The fraction of sp³-hybridized carbons (Fsp3) is 0.158. The minimum atomic E-state index is -0.620. The number of aliphatic imine (C=N–C) groups is 1. The third kappa shape index (κ3) is 3.49. The molecule has 0 radical (unpaired) electrons. The molecule has 0 fully saturated rings. The average Bonchev–Trinajstić information content (AvgIpc) is 3.02. The van der Waals surface area contributed by atoms with Gasteiger partial charge >= 0.3 is 5.97 Å². The van der Waals surface area contributed by atoms with E-state index in [4.69, 9.17) is 16.3 Å². The predicted molar refractivity (Wildman–Crippen MR) is 96.9 cm³/mol. The van der Waals surface area contributed by atoms with Gasteiger partial charge in [0.25, 0.3) is 0 Å². The van der Waals surface area contributed by atoms with Gasteiger partial charge < -0.3 is 9.72 Å². The Balaban J connectivity index is 1.87. The number of aromatic amines is 1. The van der Waals surface area contributed by atoms with Crippen molar-refractivity contribution in [2.45, 2.75) is 12.5 Å². The van der Waals surface area contributed by atoms with E-state index in [1.54, 1.807) is 12.3 Å². The lowest BCUT2D eigenvalue weighted by molar-refractivity contribution is -0.142. The van der Waals surface area contributed by atoms with Gasteiger partial charge in [0, 0.05) is 40.3 Å². The van der Waals surface area contributed by atoms with Crippen molar-refractivity contribution in [3.63, 3.8) is 0 Å². The van der Waals surface area contributed by atoms with E-state index in [-0.39, 0.29) is 5.97 Å². The number of benzene rings is 2. The number of fused-ring (bicyclic) bond motifs is 1. The Morgan fingerprint density at radius 1 is 1.25 bits per heavy atom. The Bertz CT molecular complexity index is 886. The summed E-state index contributed by atoms with van der Waals surface area (Å²) >= 11 is 6.13. The second-order valence-corrected chi connectivity index (χ2v) is 5.81. The first-order chi connectivity index (χ1) is 11.7. The second-order valence-electron chi connectivity index (χ2n) is 5.40. The van der Waals surface area contributed by atoms with Crippen molar-refractivity contribution < 1.29 is 9.53 Å². The fourth-order valence-corrected chi connectivity index (χ4v) is 2.78. The van der Waals surface area contributed by atoms with Gasteiger partial charge in [-0.1, -0.05) is 48.0 Å². The predicted octanol–water partition coefficient (Wildman–Crippen LogP) is 4.02. The maximum absolute atomic E-state index is 12.1. The summed E-state index contributed by atoms with van der Waals surface area (Å²) in [7, 11) is 1.37. The molecule has 3 aromatic rings. The van der Waals surface area contributed by atoms with Gasteiger partial charge in [-0.3, -0.25) is 4.99 Å². The molecule has 1 N–H and O–H groups in total. The summed E-state index contributed by atoms with van der Waals surface area (Å²) in [4.78, 5) is 19.7. The van der Waals surface area contributed by atoms with Crippen LogP contribution in [-0.2, 0) is 16.0 Å². The molecule has 1 aromatic heterocycles. The van der Waals surface area contributed by atoms with Gasteiger partial charge in [-0.2, -0.15) is 0 Å². The number of aromatic nitrogens is 1. The number of nitrogens with one attached hydrogen (secondary N) is 1. The van der Waals surface area contributed by atoms with Crippen LogP contribution in [0.25, 0.3) is 10.9 Å². The maximum atomic E-state index is 12.1. The zero-order valence-corrected chi connectivity index (χ0v) is 14.0. The molecule has 4 nitrogen and oxygen atoms in total. The van der Waals surface area contributed by atoms with Crippen LogP contribution in [0.3, 0.4) is 0 Å². The van der Waals surface area contributed by atoms with Gasteiger partial charge in [0.05, 0.1) is 7.11 Å². The summed E-state index contributed by atoms with van der Waals surface area (Å²) < 4.78 is 4.90. The number of hydrogen-bond donors (Lipinski definition) is 1. The van der Waals surface area contributed by atoms with Crippen molar-refractivity contribution in [3.8, 4) is 0 Å². The van der Waals surface area contributed by atoms with E-state index in [2.05, 4.69) is 9.98 Å². The lowest BCUT2D eigenvalue weighted by atomic mass is 10.1. The van der Waals surface area contributed by atoms with Gasteiger partial charge in [0.2, 0.25) is 0 Å². The lowest BCUT2D eigenvalue weighted by Crippen LogP contribution is -2.23. The monoisotopic (exact) mass is 340 g/mol. The zero-order chi connectivity index (χ0) is 16.9. The third-order valence-corrected chi connectivity index (χ3v) is 4.20. The first-order valence-corrected chi connectivity index (χ1v) is 7.97. The molecule has 2 aromatic carbocycles. The minimum absolute atomic E-state index is 0.372. The molecule has 122 valence electrons. The van der Waals surface area contributed by atoms with Crippen LogP contribution in [0, 0.1) is 0 Å². The van der Waals surface area contributed by atoms with Crippen LogP contribution in [-0.4, -0.2) is 30.3 Å². The van der Waals surface area contributed by atoms with E-state index < -0.39 is 6.04 Å². The van der Waals surface area contributed by atoms with Crippen molar-refractivity contribution in [2.24, 2.45) is 4.99 Å². The topological polar surface area (TPSA) is 54.5 Å². The SMILES string of the molecule is COC(=O)[C@H](Cc1c[nH]c2ccccc12)N=Cc1ccccc1Cl. The molecule has 1 atom stereocenters. The van der Waals surface area contributed by atoms with Crippen molar-refractivity contribution >= 4 is 34.7 Å². The molecule has 0 aliphatic rings. The normalized spacial score (nSPS) is 12.6. The van der Waals surface area contributed by atoms with Crippen LogP contribution in [0.15, 0.2) is 59.7 Å². The Kier molecular flexibility index (Phi) is 4.96. The van der Waals surface area contributed by atoms with Crippen molar-refractivity contribution in [3.05, 3.63) is 70.9 Å². The molecule has 0 aliphatic carbocycles. The highest BCUT2D eigenvalue weighted by Gasteiger charge is 2.19. The number of hydrogen-bond acceptors (Lipinski definition) is 3. The lowest BCUT2D eigenvalue weighted by Gasteiger charge is -2.10. The molecule has 0 saturated heterocycles. The van der Waals surface area contributed by atoms with E-state index in [0.717, 1.165) is 22.0 Å². The van der Waals surface area contributed by atoms with Crippen molar-refractivity contribution in [1.29, 1.82) is 0 Å². The largest absolute Gasteiger partial charge is 0.467 e. The molecule has 0 spiro atoms. The Hall–Kier alpha value is -2.59. The number of halogens is 1. The molecule has 0 saturated carbocycles. The summed E-state index contributed by atoms with van der Waals surface area (Å²) in [5.41, 5.74) is 2.83. The van der Waals surface area contributed by atoms with E-state index in [0.29, 0.717) is 11.4 Å². The quantitative estimate of drug-likeness (QED) is 0.563. The fourth-order valence-electron chi connectivity index (χ4n) is 2.59. The summed E-state index contributed by atoms with van der Waals surface area (Å²) in [6.45, 7) is 0. The molecule has 1 heterocycles. The van der Waals surface area contributed by atoms with Crippen molar-refractivity contribution in [2.75, 3.05) is 7.11 Å². The second kappa shape index (κ2) is 7.32. The Morgan fingerprint density at radius 3 is 2.79 bits per heavy atom. The summed E-state index contributed by atoms with van der Waals surface area (Å²) in [5.74, 6) is -0.372. The highest BCUT2D eigenvalue weighted by molar-refractivity contribution is 6.33. The number of carbonyl (C=O) groups is 1. The van der Waals surface area contributed by atoms with Crippen LogP contribution in [0.5, 0.6) is 0 Å². The average molecular weight is 341 g/mol. The molecule has 0 amide bonds. The summed E-state index contributed by atoms with van der Waals surface area (Å²) in [6, 6.07) is 14.7. The molecule has 0 bridgehead atoms. The highest BCUT2D eigenvalue weighted by Crippen LogP contribution is 2.20. The van der Waals surface area contributed by atoms with Gasteiger partial charge in [0.15, 0.2) is 6.04 Å². The number of rotatable bonds is 5. The van der Waals surface area contributed by atoms with E-state index in [1.165, 1.54) is 7.11 Å². The number of esters is 1. The molecule has 24 heavy (non-hydrogen) atoms. The van der Waals surface area contributed by atoms with Gasteiger partial charge in [-0.15, -0.1) is 0 Å². The van der Waals surface area contributed by atoms with Gasteiger partial charge in [-0.05, 0) is 17.7 Å². The van der Waals surface area contributed by atoms with E-state index in [9.17, 15) is 4.79 Å². The number of H-pyrrole nitrogens is 1. The van der Waals surface area contributed by atoms with Crippen LogP contribution < -0.4 is 0 Å². The molecule has 0 aliphatic heterocycles. The molecular weight excluding hydrogens is 324 g/mol. The highest BCUT2D eigenvalue weighted by atomic mass is 35.5. The number of carbonyl (C=O) groups excluding carboxylic acids is 1. The van der Waals surface area contributed by atoms with Crippen molar-refractivity contribution in [1.82, 2.24) is 4.98 Å². The Labute approximate surface area is 145 Å². The smallest absolute Gasteiger partial charge is 0.330 e. The van der Waals surface area contributed by atoms with Crippen LogP contribution >= 0.6 is 11.6 Å². The standard InChI is InChI=1S/C19H17ClN2O2/c1-24-19(23)18(22-11-13-6-2-4-8-16(13)20)10-14-12-21-17-9-5-3-7-15(14)17/h2-9,11-12,18,21H,10H2,1H3/t18-/m0/s1. The molecule has 0 unspecified atom stereocenters. The number of methoxy groups -OCH3 is 1. The molecule has 5 heteroatoms. The summed E-state index contributed by atoms with van der Waals surface area (Å²) in [6.07, 6.45) is 3.99. The van der Waals surface area contributed by atoms with Crippen LogP contribution in [0.4, 0.5) is 0 Å². The number of nitrogens with zero attached hydrogens (tertiary/aromatic N) is 1. The first-order valence-electron chi connectivity index (χ1n) is 7.59. The Morgan fingerprint density at radius 2 is 2.00 bits per heavy atom. The van der Waals surface area contributed by atoms with Gasteiger partial charge in [0.1, 0.15) is 0 Å². The van der Waals surface area contributed by atoms with E-state index >= 15 is 0 Å². The third-order valence-electron chi connectivity index (χ3n) is 3.86. The summed E-state index contributed by atoms with van der Waals surface area (Å²) in [5, 5.41) is 1.68. The number of para-hydroxylation sites is 1. The first kappa shape index (κ1) is 16.3. The van der Waals surface area contributed by atoms with E-state index in [1.807, 2.05) is 48.7 Å². The van der Waals surface area contributed by atoms with Crippen LogP contribution in [0.2, 0.25) is 5.02 Å².